The highest BCUT2D eigenvalue weighted by atomic mass is 16.7. The van der Waals surface area contributed by atoms with Crippen LogP contribution in [0, 0.1) is 0 Å². The van der Waals surface area contributed by atoms with Gasteiger partial charge in [-0.1, -0.05) is 39.0 Å². The summed E-state index contributed by atoms with van der Waals surface area (Å²) in [4.78, 5) is 0. The van der Waals surface area contributed by atoms with Gasteiger partial charge in [0.15, 0.2) is 6.29 Å². The van der Waals surface area contributed by atoms with Crippen molar-refractivity contribution in [3.05, 3.63) is 0 Å². The molecular formula is C14H29NO5. The molecule has 0 saturated carbocycles. The highest BCUT2D eigenvalue weighted by Gasteiger charge is 2.43. The predicted molar refractivity (Wildman–Crippen MR) is 75.1 cm³/mol. The fourth-order valence-corrected chi connectivity index (χ4v) is 2.33. The maximum Gasteiger partial charge on any atom is 0.186 e. The molecule has 0 aromatic carbocycles. The molecule has 0 bridgehead atoms. The van der Waals surface area contributed by atoms with Gasteiger partial charge in [0.2, 0.25) is 0 Å². The van der Waals surface area contributed by atoms with E-state index in [1.165, 1.54) is 25.7 Å². The molecule has 0 aromatic rings. The Kier molecular flexibility index (Phi) is 8.60. The second kappa shape index (κ2) is 9.65. The van der Waals surface area contributed by atoms with Gasteiger partial charge in [-0.3, -0.25) is 0 Å². The maximum absolute atomic E-state index is 9.79. The Labute approximate surface area is 120 Å². The van der Waals surface area contributed by atoms with Crippen LogP contribution in [0.4, 0.5) is 0 Å². The third kappa shape index (κ3) is 5.27. The molecular weight excluding hydrogens is 262 g/mol. The van der Waals surface area contributed by atoms with Gasteiger partial charge in [0.05, 0.1) is 0 Å². The Bertz CT molecular complexity index is 252. The molecule has 1 saturated heterocycles. The van der Waals surface area contributed by atoms with Crippen LogP contribution in [0.2, 0.25) is 0 Å². The molecule has 120 valence electrons. The third-order valence-electron chi connectivity index (χ3n) is 3.68. The van der Waals surface area contributed by atoms with Gasteiger partial charge in [0, 0.05) is 13.2 Å². The summed E-state index contributed by atoms with van der Waals surface area (Å²) in [7, 11) is 0. The molecule has 5 atom stereocenters. The Morgan fingerprint density at radius 2 is 1.60 bits per heavy atom. The minimum absolute atomic E-state index is 0.0713. The normalized spacial score (nSPS) is 34.4. The number of hydrogen-bond acceptors (Lipinski definition) is 6. The van der Waals surface area contributed by atoms with E-state index in [0.29, 0.717) is 6.61 Å². The zero-order chi connectivity index (χ0) is 15.0. The van der Waals surface area contributed by atoms with Crippen molar-refractivity contribution in [3.8, 4) is 0 Å². The lowest BCUT2D eigenvalue weighted by Gasteiger charge is -2.39. The number of aliphatic hydroxyl groups excluding tert-OH is 3. The molecule has 0 radical (unpaired) electrons. The largest absolute Gasteiger partial charge is 0.388 e. The van der Waals surface area contributed by atoms with Crippen molar-refractivity contribution < 1.29 is 24.8 Å². The summed E-state index contributed by atoms with van der Waals surface area (Å²) in [5, 5.41) is 29.1. The average molecular weight is 291 g/mol. The molecule has 1 aliphatic rings. The monoisotopic (exact) mass is 291 g/mol. The number of hydrogen-bond donors (Lipinski definition) is 4. The van der Waals surface area contributed by atoms with Crippen LogP contribution >= 0.6 is 0 Å². The molecule has 0 aliphatic carbocycles. The summed E-state index contributed by atoms with van der Waals surface area (Å²) >= 11 is 0. The van der Waals surface area contributed by atoms with Crippen molar-refractivity contribution >= 4 is 0 Å². The van der Waals surface area contributed by atoms with Gasteiger partial charge in [-0.05, 0) is 6.42 Å². The van der Waals surface area contributed by atoms with E-state index in [4.69, 9.17) is 15.2 Å². The molecule has 0 aromatic heterocycles. The molecule has 1 heterocycles. The first kappa shape index (κ1) is 17.8. The van der Waals surface area contributed by atoms with Crippen molar-refractivity contribution in [3.63, 3.8) is 0 Å². The number of aliphatic hydroxyl groups is 3. The van der Waals surface area contributed by atoms with Crippen LogP contribution in [0.15, 0.2) is 0 Å². The van der Waals surface area contributed by atoms with E-state index in [2.05, 4.69) is 6.92 Å². The zero-order valence-electron chi connectivity index (χ0n) is 12.3. The number of nitrogens with two attached hydrogens (primary N) is 1. The lowest BCUT2D eigenvalue weighted by atomic mass is 9.99. The summed E-state index contributed by atoms with van der Waals surface area (Å²) in [6.45, 7) is 2.72. The van der Waals surface area contributed by atoms with Crippen molar-refractivity contribution in [2.75, 3.05) is 13.2 Å². The van der Waals surface area contributed by atoms with Crippen LogP contribution in [-0.4, -0.2) is 59.2 Å². The number of ether oxygens (including phenoxy) is 2. The van der Waals surface area contributed by atoms with E-state index >= 15 is 0 Å². The molecule has 0 amide bonds. The van der Waals surface area contributed by atoms with Crippen molar-refractivity contribution in [1.29, 1.82) is 0 Å². The predicted octanol–water partition coefficient (Wildman–Crippen LogP) is 0.130. The Hall–Kier alpha value is -0.240. The third-order valence-corrected chi connectivity index (χ3v) is 3.68. The topological polar surface area (TPSA) is 105 Å². The molecule has 0 spiro atoms. The van der Waals surface area contributed by atoms with Crippen LogP contribution in [0.3, 0.4) is 0 Å². The van der Waals surface area contributed by atoms with Gasteiger partial charge in [-0.15, -0.1) is 0 Å². The molecule has 1 fully saturated rings. The minimum atomic E-state index is -1.29. The van der Waals surface area contributed by atoms with Gasteiger partial charge < -0.3 is 30.5 Å². The van der Waals surface area contributed by atoms with Crippen LogP contribution in [0.25, 0.3) is 0 Å². The van der Waals surface area contributed by atoms with Gasteiger partial charge >= 0.3 is 0 Å². The number of rotatable bonds is 9. The molecule has 0 unspecified atom stereocenters. The van der Waals surface area contributed by atoms with Crippen LogP contribution in [-0.2, 0) is 9.47 Å². The molecule has 1 rings (SSSR count). The van der Waals surface area contributed by atoms with Gasteiger partial charge in [-0.25, -0.2) is 0 Å². The summed E-state index contributed by atoms with van der Waals surface area (Å²) < 4.78 is 10.8. The van der Waals surface area contributed by atoms with Gasteiger partial charge in [0.1, 0.15) is 24.4 Å². The van der Waals surface area contributed by atoms with Crippen LogP contribution < -0.4 is 5.73 Å². The van der Waals surface area contributed by atoms with E-state index in [1.54, 1.807) is 0 Å². The van der Waals surface area contributed by atoms with Crippen molar-refractivity contribution in [1.82, 2.24) is 0 Å². The first-order valence-corrected chi connectivity index (χ1v) is 7.63. The molecule has 1 aliphatic heterocycles. The second-order valence-corrected chi connectivity index (χ2v) is 5.39. The highest BCUT2D eigenvalue weighted by molar-refractivity contribution is 4.89. The minimum Gasteiger partial charge on any atom is -0.388 e. The van der Waals surface area contributed by atoms with Gasteiger partial charge in [0.25, 0.3) is 0 Å². The molecule has 6 nitrogen and oxygen atoms in total. The summed E-state index contributed by atoms with van der Waals surface area (Å²) in [6, 6.07) is 0. The maximum atomic E-state index is 9.79. The van der Waals surface area contributed by atoms with Crippen LogP contribution in [0.1, 0.15) is 45.4 Å². The molecule has 6 heteroatoms. The first-order valence-electron chi connectivity index (χ1n) is 7.63. The first-order chi connectivity index (χ1) is 9.61. The summed E-state index contributed by atoms with van der Waals surface area (Å²) in [5.41, 5.74) is 5.45. The fourth-order valence-electron chi connectivity index (χ4n) is 2.33. The SMILES string of the molecule is CCCCCCCCO[C@@H]1O[C@H](CN)[C@H](O)[C@H](O)[C@H]1O. The molecule has 20 heavy (non-hydrogen) atoms. The Morgan fingerprint density at radius 3 is 2.25 bits per heavy atom. The average Bonchev–Trinajstić information content (AvgIpc) is 2.46. The van der Waals surface area contributed by atoms with Crippen molar-refractivity contribution in [2.24, 2.45) is 5.73 Å². The Morgan fingerprint density at radius 1 is 0.950 bits per heavy atom. The number of unbranched alkanes of at least 4 members (excludes halogenated alkanes) is 5. The van der Waals surface area contributed by atoms with E-state index < -0.39 is 30.7 Å². The van der Waals surface area contributed by atoms with Gasteiger partial charge in [-0.2, -0.15) is 0 Å². The standard InChI is InChI=1S/C14H29NO5/c1-2-3-4-5-6-7-8-19-14-13(18)12(17)11(16)10(9-15)20-14/h10-14,16-18H,2-9,15H2,1H3/t10-,11+,12+,13-,14-/m1/s1. The quantitative estimate of drug-likeness (QED) is 0.450. The van der Waals surface area contributed by atoms with Crippen LogP contribution in [0.5, 0.6) is 0 Å². The van der Waals surface area contributed by atoms with E-state index in [9.17, 15) is 15.3 Å². The second-order valence-electron chi connectivity index (χ2n) is 5.39. The van der Waals surface area contributed by atoms with E-state index in [-0.39, 0.29) is 6.54 Å². The summed E-state index contributed by atoms with van der Waals surface area (Å²) in [6.07, 6.45) is 1.53. The van der Waals surface area contributed by atoms with Crippen molar-refractivity contribution in [2.45, 2.75) is 76.2 Å². The smallest absolute Gasteiger partial charge is 0.186 e. The van der Waals surface area contributed by atoms with E-state index in [1.807, 2.05) is 0 Å². The van der Waals surface area contributed by atoms with E-state index in [0.717, 1.165) is 12.8 Å². The Balaban J connectivity index is 2.21. The highest BCUT2D eigenvalue weighted by Crippen LogP contribution is 2.21. The lowest BCUT2D eigenvalue weighted by Crippen LogP contribution is -2.60. The lowest BCUT2D eigenvalue weighted by molar-refractivity contribution is -0.294. The molecule has 5 N–H and O–H groups in total. The summed E-state index contributed by atoms with van der Waals surface area (Å²) in [5.74, 6) is 0. The fraction of sp³-hybridized carbons (Fsp3) is 1.00. The zero-order valence-corrected chi connectivity index (χ0v) is 12.3.